The second-order valence-electron chi connectivity index (χ2n) is 4.73. The summed E-state index contributed by atoms with van der Waals surface area (Å²) in [7, 11) is 1.71. The first kappa shape index (κ1) is 13.5. The SMILES string of the molecule is COCCNCc1cnn(CC2CCCCO2)c1. The van der Waals surface area contributed by atoms with Crippen LogP contribution in [-0.2, 0) is 22.6 Å². The Labute approximate surface area is 108 Å². The van der Waals surface area contributed by atoms with E-state index in [9.17, 15) is 0 Å². The van der Waals surface area contributed by atoms with Crippen LogP contribution in [0.15, 0.2) is 12.4 Å². The summed E-state index contributed by atoms with van der Waals surface area (Å²) in [5.74, 6) is 0. The van der Waals surface area contributed by atoms with Gasteiger partial charge in [0.1, 0.15) is 0 Å². The summed E-state index contributed by atoms with van der Waals surface area (Å²) >= 11 is 0. The van der Waals surface area contributed by atoms with Gasteiger partial charge in [-0.3, -0.25) is 4.68 Å². The number of nitrogens with zero attached hydrogens (tertiary/aromatic N) is 2. The molecule has 1 aromatic rings. The van der Waals surface area contributed by atoms with Crippen LogP contribution in [0.4, 0.5) is 0 Å². The molecule has 18 heavy (non-hydrogen) atoms. The number of rotatable bonds is 7. The highest BCUT2D eigenvalue weighted by molar-refractivity contribution is 5.03. The van der Waals surface area contributed by atoms with Gasteiger partial charge < -0.3 is 14.8 Å². The fourth-order valence-electron chi connectivity index (χ4n) is 2.16. The highest BCUT2D eigenvalue weighted by Gasteiger charge is 2.14. The molecule has 0 saturated carbocycles. The van der Waals surface area contributed by atoms with Crippen LogP contribution in [0.5, 0.6) is 0 Å². The molecule has 0 spiro atoms. The van der Waals surface area contributed by atoms with Gasteiger partial charge in [-0.25, -0.2) is 0 Å². The first-order valence-electron chi connectivity index (χ1n) is 6.71. The zero-order valence-corrected chi connectivity index (χ0v) is 11.1. The van der Waals surface area contributed by atoms with Crippen molar-refractivity contribution in [2.45, 2.75) is 38.5 Å². The fourth-order valence-corrected chi connectivity index (χ4v) is 2.16. The van der Waals surface area contributed by atoms with E-state index in [-0.39, 0.29) is 0 Å². The molecule has 5 nitrogen and oxygen atoms in total. The lowest BCUT2D eigenvalue weighted by atomic mass is 10.1. The van der Waals surface area contributed by atoms with E-state index in [2.05, 4.69) is 16.6 Å². The van der Waals surface area contributed by atoms with Crippen molar-refractivity contribution in [2.24, 2.45) is 0 Å². The number of ether oxygens (including phenoxy) is 2. The lowest BCUT2D eigenvalue weighted by Crippen LogP contribution is -2.24. The molecule has 1 atom stereocenters. The minimum Gasteiger partial charge on any atom is -0.383 e. The number of methoxy groups -OCH3 is 1. The molecule has 5 heteroatoms. The second kappa shape index (κ2) is 7.51. The highest BCUT2D eigenvalue weighted by atomic mass is 16.5. The van der Waals surface area contributed by atoms with Crippen molar-refractivity contribution in [1.82, 2.24) is 15.1 Å². The first-order valence-corrected chi connectivity index (χ1v) is 6.71. The number of hydrogen-bond acceptors (Lipinski definition) is 4. The lowest BCUT2D eigenvalue weighted by Gasteiger charge is -2.22. The van der Waals surface area contributed by atoms with Crippen molar-refractivity contribution in [3.8, 4) is 0 Å². The summed E-state index contributed by atoms with van der Waals surface area (Å²) < 4.78 is 12.7. The fraction of sp³-hybridized carbons (Fsp3) is 0.769. The van der Waals surface area contributed by atoms with E-state index in [1.165, 1.54) is 18.4 Å². The van der Waals surface area contributed by atoms with Crippen LogP contribution < -0.4 is 5.32 Å². The molecule has 0 aromatic carbocycles. The van der Waals surface area contributed by atoms with Crippen molar-refractivity contribution >= 4 is 0 Å². The van der Waals surface area contributed by atoms with Crippen LogP contribution in [0, 0.1) is 0 Å². The maximum absolute atomic E-state index is 5.71. The maximum atomic E-state index is 5.71. The Balaban J connectivity index is 1.71. The number of nitrogens with one attached hydrogen (secondary N) is 1. The monoisotopic (exact) mass is 253 g/mol. The van der Waals surface area contributed by atoms with E-state index in [0.717, 1.165) is 39.3 Å². The Bertz CT molecular complexity index is 335. The summed E-state index contributed by atoms with van der Waals surface area (Å²) in [4.78, 5) is 0. The second-order valence-corrected chi connectivity index (χ2v) is 4.73. The standard InChI is InChI=1S/C13H23N3O2/c1-17-7-5-14-8-12-9-15-16(10-12)11-13-4-2-3-6-18-13/h9-10,13-14H,2-8,11H2,1H3. The molecule has 1 fully saturated rings. The van der Waals surface area contributed by atoms with E-state index in [1.807, 2.05) is 10.9 Å². The van der Waals surface area contributed by atoms with Crippen molar-refractivity contribution in [1.29, 1.82) is 0 Å². The topological polar surface area (TPSA) is 48.3 Å². The summed E-state index contributed by atoms with van der Waals surface area (Å²) in [6, 6.07) is 0. The molecule has 1 aromatic heterocycles. The molecule has 1 aliphatic heterocycles. The summed E-state index contributed by atoms with van der Waals surface area (Å²) in [5.41, 5.74) is 1.21. The lowest BCUT2D eigenvalue weighted by molar-refractivity contribution is 0.00398. The summed E-state index contributed by atoms with van der Waals surface area (Å²) in [6.07, 6.45) is 7.98. The van der Waals surface area contributed by atoms with Crippen LogP contribution in [0.3, 0.4) is 0 Å². The van der Waals surface area contributed by atoms with Crippen molar-refractivity contribution in [3.63, 3.8) is 0 Å². The van der Waals surface area contributed by atoms with Gasteiger partial charge in [0, 0.05) is 38.6 Å². The largest absolute Gasteiger partial charge is 0.383 e. The van der Waals surface area contributed by atoms with Gasteiger partial charge >= 0.3 is 0 Å². The first-order chi connectivity index (χ1) is 8.88. The van der Waals surface area contributed by atoms with Crippen LogP contribution in [0.25, 0.3) is 0 Å². The Hall–Kier alpha value is -0.910. The molecule has 2 heterocycles. The van der Waals surface area contributed by atoms with E-state index in [4.69, 9.17) is 9.47 Å². The van der Waals surface area contributed by atoms with Gasteiger partial charge in [0.05, 0.1) is 25.5 Å². The van der Waals surface area contributed by atoms with Crippen LogP contribution >= 0.6 is 0 Å². The maximum Gasteiger partial charge on any atom is 0.0770 e. The predicted molar refractivity (Wildman–Crippen MR) is 69.4 cm³/mol. The van der Waals surface area contributed by atoms with E-state index >= 15 is 0 Å². The van der Waals surface area contributed by atoms with Crippen molar-refractivity contribution in [3.05, 3.63) is 18.0 Å². The molecule has 0 bridgehead atoms. The smallest absolute Gasteiger partial charge is 0.0770 e. The zero-order valence-electron chi connectivity index (χ0n) is 11.1. The van der Waals surface area contributed by atoms with Gasteiger partial charge in [0.15, 0.2) is 0 Å². The molecule has 1 N–H and O–H groups in total. The molecule has 1 unspecified atom stereocenters. The van der Waals surface area contributed by atoms with Gasteiger partial charge in [0.2, 0.25) is 0 Å². The van der Waals surface area contributed by atoms with Gasteiger partial charge in [-0.15, -0.1) is 0 Å². The van der Waals surface area contributed by atoms with Crippen molar-refractivity contribution in [2.75, 3.05) is 26.9 Å². The van der Waals surface area contributed by atoms with Crippen LogP contribution in [-0.4, -0.2) is 42.8 Å². The quantitative estimate of drug-likeness (QED) is 0.742. The van der Waals surface area contributed by atoms with E-state index < -0.39 is 0 Å². The van der Waals surface area contributed by atoms with Gasteiger partial charge in [-0.1, -0.05) is 0 Å². The summed E-state index contributed by atoms with van der Waals surface area (Å²) in [5, 5.41) is 7.68. The van der Waals surface area contributed by atoms with E-state index in [0.29, 0.717) is 6.10 Å². The Morgan fingerprint density at radius 3 is 3.28 bits per heavy atom. The Morgan fingerprint density at radius 2 is 2.50 bits per heavy atom. The van der Waals surface area contributed by atoms with Crippen molar-refractivity contribution < 1.29 is 9.47 Å². The molecular formula is C13H23N3O2. The molecule has 102 valence electrons. The number of aromatic nitrogens is 2. The molecule has 1 aliphatic rings. The van der Waals surface area contributed by atoms with Gasteiger partial charge in [0.25, 0.3) is 0 Å². The minimum absolute atomic E-state index is 0.341. The average molecular weight is 253 g/mol. The molecule has 0 radical (unpaired) electrons. The third-order valence-corrected chi connectivity index (χ3v) is 3.16. The molecule has 1 saturated heterocycles. The highest BCUT2D eigenvalue weighted by Crippen LogP contribution is 2.14. The zero-order chi connectivity index (χ0) is 12.6. The van der Waals surface area contributed by atoms with Crippen LogP contribution in [0.2, 0.25) is 0 Å². The van der Waals surface area contributed by atoms with Crippen LogP contribution in [0.1, 0.15) is 24.8 Å². The molecule has 0 aliphatic carbocycles. The Kier molecular flexibility index (Phi) is 5.64. The predicted octanol–water partition coefficient (Wildman–Crippen LogP) is 1.19. The Morgan fingerprint density at radius 1 is 1.56 bits per heavy atom. The molecular weight excluding hydrogens is 230 g/mol. The minimum atomic E-state index is 0.341. The van der Waals surface area contributed by atoms with Gasteiger partial charge in [-0.05, 0) is 19.3 Å². The molecule has 2 rings (SSSR count). The number of hydrogen-bond donors (Lipinski definition) is 1. The third kappa shape index (κ3) is 4.40. The van der Waals surface area contributed by atoms with E-state index in [1.54, 1.807) is 7.11 Å². The molecule has 0 amide bonds. The van der Waals surface area contributed by atoms with Gasteiger partial charge in [-0.2, -0.15) is 5.10 Å². The third-order valence-electron chi connectivity index (χ3n) is 3.16. The normalized spacial score (nSPS) is 20.2. The average Bonchev–Trinajstić information content (AvgIpc) is 2.84. The summed E-state index contributed by atoms with van der Waals surface area (Å²) in [6.45, 7) is 4.22.